The van der Waals surface area contributed by atoms with Crippen molar-refractivity contribution in [2.24, 2.45) is 0 Å². The number of halogens is 3. The van der Waals surface area contributed by atoms with Crippen LogP contribution in [0.3, 0.4) is 0 Å². The van der Waals surface area contributed by atoms with E-state index in [4.69, 9.17) is 0 Å². The third kappa shape index (κ3) is 4.91. The summed E-state index contributed by atoms with van der Waals surface area (Å²) >= 11 is 0. The molecule has 176 valence electrons. The quantitative estimate of drug-likeness (QED) is 0.606. The summed E-state index contributed by atoms with van der Waals surface area (Å²) < 4.78 is 40.8. The van der Waals surface area contributed by atoms with Crippen molar-refractivity contribution < 1.29 is 18.0 Å². The van der Waals surface area contributed by atoms with Gasteiger partial charge in [-0.05, 0) is 62.1 Å². The first-order valence-electron chi connectivity index (χ1n) is 11.0. The average molecular weight is 460 g/mol. The van der Waals surface area contributed by atoms with Crippen molar-refractivity contribution in [2.75, 3.05) is 30.9 Å². The van der Waals surface area contributed by atoms with Crippen LogP contribution in [0.5, 0.6) is 0 Å². The lowest BCUT2D eigenvalue weighted by Gasteiger charge is -2.36. The molecule has 0 saturated heterocycles. The van der Waals surface area contributed by atoms with Crippen molar-refractivity contribution in [3.05, 3.63) is 59.9 Å². The maximum absolute atomic E-state index is 13.1. The highest BCUT2D eigenvalue weighted by molar-refractivity contribution is 5.94. The Morgan fingerprint density at radius 1 is 1.03 bits per heavy atom. The molecule has 1 saturated carbocycles. The lowest BCUT2D eigenvalue weighted by molar-refractivity contribution is -0.140. The van der Waals surface area contributed by atoms with Crippen molar-refractivity contribution in [3.63, 3.8) is 0 Å². The zero-order valence-corrected chi connectivity index (χ0v) is 18.9. The number of anilines is 2. The number of alkyl halides is 3. The van der Waals surface area contributed by atoms with E-state index in [-0.39, 0.29) is 23.6 Å². The predicted molar refractivity (Wildman–Crippen MR) is 123 cm³/mol. The molecule has 1 fully saturated rings. The standard InChI is InChI=1S/C24H28F3N5O/c1-30(2)18-11-7-16(8-12-18)23(33)28-17-9-13-19(14-10-17)31(3)22-6-4-5-21-29-20(15-32(21)22)24(25,26)27/h4-8,11-12,15,17,19H,9-10,13-14H2,1-3H3,(H,28,33)/t17-,19+. The Hall–Kier alpha value is -3.23. The number of fused-ring (bicyclic) bond motifs is 1. The fourth-order valence-electron chi connectivity index (χ4n) is 4.39. The van der Waals surface area contributed by atoms with Crippen LogP contribution in [0.1, 0.15) is 41.7 Å². The van der Waals surface area contributed by atoms with Crippen LogP contribution in [0.15, 0.2) is 48.7 Å². The molecule has 0 aliphatic heterocycles. The van der Waals surface area contributed by atoms with Gasteiger partial charge in [-0.25, -0.2) is 4.98 Å². The van der Waals surface area contributed by atoms with Crippen LogP contribution in [0, 0.1) is 0 Å². The van der Waals surface area contributed by atoms with Crippen LogP contribution in [0.2, 0.25) is 0 Å². The maximum atomic E-state index is 13.1. The molecule has 3 aromatic rings. The normalized spacial score (nSPS) is 18.8. The van der Waals surface area contributed by atoms with Gasteiger partial charge in [0.2, 0.25) is 0 Å². The highest BCUT2D eigenvalue weighted by atomic mass is 19.4. The molecule has 33 heavy (non-hydrogen) atoms. The fraction of sp³-hybridized carbons (Fsp3) is 0.417. The average Bonchev–Trinajstić information content (AvgIpc) is 3.24. The SMILES string of the molecule is CN(C)c1ccc(C(=O)N[C@H]2CC[C@@H](N(C)c3cccc4nc(C(F)(F)F)cn34)CC2)cc1. The molecule has 0 spiro atoms. The Morgan fingerprint density at radius 3 is 2.30 bits per heavy atom. The minimum atomic E-state index is -4.48. The van der Waals surface area contributed by atoms with Gasteiger partial charge in [0.05, 0.1) is 0 Å². The number of carbonyl (C=O) groups is 1. The molecule has 1 aromatic carbocycles. The predicted octanol–water partition coefficient (Wildman–Crippen LogP) is 4.60. The van der Waals surface area contributed by atoms with E-state index in [2.05, 4.69) is 10.3 Å². The van der Waals surface area contributed by atoms with E-state index in [1.807, 2.05) is 55.2 Å². The zero-order valence-electron chi connectivity index (χ0n) is 18.9. The van der Waals surface area contributed by atoms with Crippen molar-refractivity contribution in [2.45, 2.75) is 43.9 Å². The number of carbonyl (C=O) groups excluding carboxylic acids is 1. The van der Waals surface area contributed by atoms with Crippen LogP contribution >= 0.6 is 0 Å². The number of amides is 1. The molecule has 1 aliphatic rings. The largest absolute Gasteiger partial charge is 0.434 e. The van der Waals surface area contributed by atoms with Crippen LogP contribution < -0.4 is 15.1 Å². The highest BCUT2D eigenvalue weighted by Crippen LogP contribution is 2.31. The van der Waals surface area contributed by atoms with Gasteiger partial charge in [-0.3, -0.25) is 9.20 Å². The minimum absolute atomic E-state index is 0.0801. The van der Waals surface area contributed by atoms with E-state index < -0.39 is 11.9 Å². The molecule has 1 aliphatic carbocycles. The van der Waals surface area contributed by atoms with Gasteiger partial charge < -0.3 is 15.1 Å². The van der Waals surface area contributed by atoms with Gasteiger partial charge in [0.1, 0.15) is 11.5 Å². The van der Waals surface area contributed by atoms with Gasteiger partial charge in [0.25, 0.3) is 5.91 Å². The van der Waals surface area contributed by atoms with Crippen molar-refractivity contribution in [1.82, 2.24) is 14.7 Å². The first-order valence-corrected chi connectivity index (χ1v) is 11.0. The lowest BCUT2D eigenvalue weighted by Crippen LogP contribution is -2.43. The van der Waals surface area contributed by atoms with E-state index >= 15 is 0 Å². The van der Waals surface area contributed by atoms with Crippen LogP contribution in [-0.4, -0.2) is 48.5 Å². The third-order valence-electron chi connectivity index (χ3n) is 6.35. The monoisotopic (exact) mass is 459 g/mol. The Morgan fingerprint density at radius 2 is 1.70 bits per heavy atom. The number of hydrogen-bond donors (Lipinski definition) is 1. The molecule has 0 atom stereocenters. The van der Waals surface area contributed by atoms with Crippen LogP contribution in [0.25, 0.3) is 5.65 Å². The van der Waals surface area contributed by atoms with E-state index in [0.29, 0.717) is 11.4 Å². The van der Waals surface area contributed by atoms with E-state index in [9.17, 15) is 18.0 Å². The fourth-order valence-corrected chi connectivity index (χ4v) is 4.39. The molecule has 2 heterocycles. The molecule has 1 amide bonds. The molecular formula is C24H28F3N5O. The Bertz CT molecular complexity index is 1120. The molecule has 0 radical (unpaired) electrons. The van der Waals surface area contributed by atoms with Crippen LogP contribution in [-0.2, 0) is 6.18 Å². The Balaban J connectivity index is 1.39. The first-order chi connectivity index (χ1) is 15.6. The summed E-state index contributed by atoms with van der Waals surface area (Å²) in [6, 6.07) is 12.8. The summed E-state index contributed by atoms with van der Waals surface area (Å²) in [6.45, 7) is 0. The number of imidazole rings is 1. The maximum Gasteiger partial charge on any atom is 0.434 e. The van der Waals surface area contributed by atoms with Crippen molar-refractivity contribution in [3.8, 4) is 0 Å². The zero-order chi connectivity index (χ0) is 23.8. The summed E-state index contributed by atoms with van der Waals surface area (Å²) in [7, 11) is 5.80. The van der Waals surface area contributed by atoms with Gasteiger partial charge in [0.15, 0.2) is 5.69 Å². The van der Waals surface area contributed by atoms with Gasteiger partial charge >= 0.3 is 6.18 Å². The van der Waals surface area contributed by atoms with Gasteiger partial charge in [-0.1, -0.05) is 6.07 Å². The second kappa shape index (κ2) is 8.96. The van der Waals surface area contributed by atoms with Gasteiger partial charge in [-0.2, -0.15) is 13.2 Å². The summed E-state index contributed by atoms with van der Waals surface area (Å²) in [5, 5.41) is 3.12. The molecule has 2 aromatic heterocycles. The van der Waals surface area contributed by atoms with Gasteiger partial charge in [0, 0.05) is 50.7 Å². The molecule has 6 nitrogen and oxygen atoms in total. The number of nitrogens with zero attached hydrogens (tertiary/aromatic N) is 4. The number of benzene rings is 1. The lowest BCUT2D eigenvalue weighted by atomic mass is 9.90. The number of nitrogens with one attached hydrogen (secondary N) is 1. The first kappa shape index (κ1) is 22.9. The number of pyridine rings is 1. The Labute approximate surface area is 191 Å². The topological polar surface area (TPSA) is 52.9 Å². The minimum Gasteiger partial charge on any atom is -0.378 e. The van der Waals surface area contributed by atoms with Crippen LogP contribution in [0.4, 0.5) is 24.7 Å². The van der Waals surface area contributed by atoms with Gasteiger partial charge in [-0.15, -0.1) is 0 Å². The Kier molecular flexibility index (Phi) is 6.23. The molecule has 0 unspecified atom stereocenters. The third-order valence-corrected chi connectivity index (χ3v) is 6.35. The highest BCUT2D eigenvalue weighted by Gasteiger charge is 2.34. The molecule has 1 N–H and O–H groups in total. The van der Waals surface area contributed by atoms with E-state index in [1.54, 1.807) is 18.2 Å². The smallest absolute Gasteiger partial charge is 0.378 e. The van der Waals surface area contributed by atoms with E-state index in [0.717, 1.165) is 37.6 Å². The molecule has 9 heteroatoms. The summed E-state index contributed by atoms with van der Waals surface area (Å²) in [5.41, 5.74) is 1.04. The number of hydrogen-bond acceptors (Lipinski definition) is 4. The number of aromatic nitrogens is 2. The second-order valence-electron chi connectivity index (χ2n) is 8.77. The second-order valence-corrected chi connectivity index (χ2v) is 8.77. The van der Waals surface area contributed by atoms with E-state index in [1.165, 1.54) is 4.40 Å². The summed E-state index contributed by atoms with van der Waals surface area (Å²) in [4.78, 5) is 20.3. The summed E-state index contributed by atoms with van der Waals surface area (Å²) in [5.74, 6) is 0.587. The number of rotatable bonds is 5. The van der Waals surface area contributed by atoms with Crippen molar-refractivity contribution >= 4 is 23.1 Å². The molecule has 4 rings (SSSR count). The molecular weight excluding hydrogens is 431 g/mol. The summed E-state index contributed by atoms with van der Waals surface area (Å²) in [6.07, 6.45) is -0.148. The van der Waals surface area contributed by atoms with Crippen molar-refractivity contribution in [1.29, 1.82) is 0 Å². The molecule has 0 bridgehead atoms.